The van der Waals surface area contributed by atoms with Crippen LogP contribution in [0.3, 0.4) is 0 Å². The average Bonchev–Trinajstić information content (AvgIpc) is 2.69. The first-order chi connectivity index (χ1) is 13.4. The minimum atomic E-state index is -3.39. The van der Waals surface area contributed by atoms with Crippen molar-refractivity contribution < 1.29 is 17.6 Å². The van der Waals surface area contributed by atoms with Gasteiger partial charge in [-0.3, -0.25) is 4.79 Å². The molecular weight excluding hydrogens is 381 g/mol. The SMILES string of the molecule is O=C(CC1CCCCC1)NCCS(=O)(=O)N1CCN(c2ccc(F)cc2)CC1. The van der Waals surface area contributed by atoms with Crippen molar-refractivity contribution in [3.63, 3.8) is 0 Å². The highest BCUT2D eigenvalue weighted by molar-refractivity contribution is 7.89. The van der Waals surface area contributed by atoms with Gasteiger partial charge >= 0.3 is 0 Å². The van der Waals surface area contributed by atoms with Crippen LogP contribution in [0.25, 0.3) is 0 Å². The molecule has 1 aliphatic carbocycles. The van der Waals surface area contributed by atoms with E-state index < -0.39 is 10.0 Å². The van der Waals surface area contributed by atoms with Gasteiger partial charge in [-0.1, -0.05) is 19.3 Å². The largest absolute Gasteiger partial charge is 0.369 e. The Morgan fingerprint density at radius 3 is 2.32 bits per heavy atom. The molecule has 156 valence electrons. The normalized spacial score (nSPS) is 19.5. The summed E-state index contributed by atoms with van der Waals surface area (Å²) in [4.78, 5) is 14.1. The molecule has 1 aromatic carbocycles. The van der Waals surface area contributed by atoms with E-state index in [1.54, 1.807) is 12.1 Å². The summed E-state index contributed by atoms with van der Waals surface area (Å²) in [5.74, 6) is 0.0589. The Hall–Kier alpha value is -1.67. The fourth-order valence-electron chi connectivity index (χ4n) is 4.05. The van der Waals surface area contributed by atoms with Gasteiger partial charge in [0.15, 0.2) is 0 Å². The highest BCUT2D eigenvalue weighted by atomic mass is 32.2. The summed E-state index contributed by atoms with van der Waals surface area (Å²) in [6.07, 6.45) is 6.35. The van der Waals surface area contributed by atoms with Crippen LogP contribution in [0.1, 0.15) is 38.5 Å². The van der Waals surface area contributed by atoms with Crippen molar-refractivity contribution in [3.05, 3.63) is 30.1 Å². The molecule has 2 fully saturated rings. The van der Waals surface area contributed by atoms with E-state index in [4.69, 9.17) is 0 Å². The number of amides is 1. The van der Waals surface area contributed by atoms with E-state index in [1.807, 2.05) is 0 Å². The smallest absolute Gasteiger partial charge is 0.220 e. The molecule has 1 saturated carbocycles. The molecule has 2 aliphatic rings. The maximum Gasteiger partial charge on any atom is 0.220 e. The van der Waals surface area contributed by atoms with E-state index in [1.165, 1.54) is 35.7 Å². The summed E-state index contributed by atoms with van der Waals surface area (Å²) in [6.45, 7) is 2.09. The van der Waals surface area contributed by atoms with Crippen LogP contribution in [0, 0.1) is 11.7 Å². The highest BCUT2D eigenvalue weighted by Gasteiger charge is 2.27. The lowest BCUT2D eigenvalue weighted by Gasteiger charge is -2.35. The van der Waals surface area contributed by atoms with E-state index in [2.05, 4.69) is 10.2 Å². The molecule has 0 bridgehead atoms. The second-order valence-electron chi connectivity index (χ2n) is 7.74. The summed E-state index contributed by atoms with van der Waals surface area (Å²) in [5.41, 5.74) is 0.897. The Balaban J connectivity index is 1.40. The van der Waals surface area contributed by atoms with Crippen molar-refractivity contribution in [2.24, 2.45) is 5.92 Å². The number of sulfonamides is 1. The number of rotatable bonds is 7. The number of nitrogens with one attached hydrogen (secondary N) is 1. The predicted molar refractivity (Wildman–Crippen MR) is 108 cm³/mol. The number of carbonyl (C=O) groups excluding carboxylic acids is 1. The molecule has 1 heterocycles. The van der Waals surface area contributed by atoms with Crippen molar-refractivity contribution in [2.45, 2.75) is 38.5 Å². The van der Waals surface area contributed by atoms with E-state index in [0.29, 0.717) is 38.5 Å². The van der Waals surface area contributed by atoms with Gasteiger partial charge in [0.2, 0.25) is 15.9 Å². The molecule has 28 heavy (non-hydrogen) atoms. The monoisotopic (exact) mass is 411 g/mol. The maximum atomic E-state index is 13.0. The van der Waals surface area contributed by atoms with Gasteiger partial charge in [0.05, 0.1) is 5.75 Å². The third kappa shape index (κ3) is 5.91. The van der Waals surface area contributed by atoms with Crippen molar-refractivity contribution in [1.29, 1.82) is 0 Å². The lowest BCUT2D eigenvalue weighted by atomic mass is 9.87. The van der Waals surface area contributed by atoms with Crippen molar-refractivity contribution >= 4 is 21.6 Å². The summed E-state index contributed by atoms with van der Waals surface area (Å²) < 4.78 is 39.6. The quantitative estimate of drug-likeness (QED) is 0.748. The predicted octanol–water partition coefficient (Wildman–Crippen LogP) is 2.36. The first kappa shape index (κ1) is 21.0. The van der Waals surface area contributed by atoms with Crippen LogP contribution in [-0.2, 0) is 14.8 Å². The second kappa shape index (κ2) is 9.69. The standard InChI is InChI=1S/C20H30FN3O3S/c21-18-6-8-19(9-7-18)23-11-13-24(14-12-23)28(26,27)15-10-22-20(25)16-17-4-2-1-3-5-17/h6-9,17H,1-5,10-16H2,(H,22,25). The minimum absolute atomic E-state index is 0.0387. The third-order valence-corrected chi connectivity index (χ3v) is 7.58. The number of carbonyl (C=O) groups is 1. The number of hydrogen-bond acceptors (Lipinski definition) is 4. The van der Waals surface area contributed by atoms with Crippen molar-refractivity contribution in [3.8, 4) is 0 Å². The van der Waals surface area contributed by atoms with Crippen LogP contribution in [0.15, 0.2) is 24.3 Å². The van der Waals surface area contributed by atoms with Gasteiger partial charge in [-0.25, -0.2) is 12.8 Å². The molecule has 1 N–H and O–H groups in total. The zero-order valence-electron chi connectivity index (χ0n) is 16.3. The molecule has 0 spiro atoms. The summed E-state index contributed by atoms with van der Waals surface area (Å²) >= 11 is 0. The topological polar surface area (TPSA) is 69.7 Å². The highest BCUT2D eigenvalue weighted by Crippen LogP contribution is 2.26. The van der Waals surface area contributed by atoms with Gasteiger partial charge in [-0.05, 0) is 43.0 Å². The molecule has 3 rings (SSSR count). The van der Waals surface area contributed by atoms with Gasteiger partial charge in [-0.15, -0.1) is 0 Å². The van der Waals surface area contributed by atoms with Gasteiger partial charge in [-0.2, -0.15) is 4.31 Å². The van der Waals surface area contributed by atoms with Gasteiger partial charge in [0.1, 0.15) is 5.82 Å². The van der Waals surface area contributed by atoms with Crippen molar-refractivity contribution in [1.82, 2.24) is 9.62 Å². The Kier molecular flexibility index (Phi) is 7.29. The van der Waals surface area contributed by atoms with E-state index in [0.717, 1.165) is 18.5 Å². The molecule has 0 radical (unpaired) electrons. The van der Waals surface area contributed by atoms with Crippen LogP contribution in [0.5, 0.6) is 0 Å². The summed E-state index contributed by atoms with van der Waals surface area (Å²) in [6, 6.07) is 6.24. The fraction of sp³-hybridized carbons (Fsp3) is 0.650. The molecule has 1 aromatic rings. The first-order valence-corrected chi connectivity index (χ1v) is 11.8. The number of benzene rings is 1. The molecule has 0 atom stereocenters. The Labute approximate surface area is 167 Å². The van der Waals surface area contributed by atoms with Crippen LogP contribution >= 0.6 is 0 Å². The second-order valence-corrected chi connectivity index (χ2v) is 9.83. The molecule has 6 nitrogen and oxygen atoms in total. The number of halogens is 1. The minimum Gasteiger partial charge on any atom is -0.369 e. The van der Waals surface area contributed by atoms with Gasteiger partial charge < -0.3 is 10.2 Å². The van der Waals surface area contributed by atoms with Crippen LogP contribution in [0.2, 0.25) is 0 Å². The Morgan fingerprint density at radius 1 is 1.04 bits per heavy atom. The molecule has 0 aromatic heterocycles. The molecule has 8 heteroatoms. The third-order valence-electron chi connectivity index (χ3n) is 5.70. The lowest BCUT2D eigenvalue weighted by Crippen LogP contribution is -2.50. The number of hydrogen-bond donors (Lipinski definition) is 1. The fourth-order valence-corrected chi connectivity index (χ4v) is 5.39. The number of nitrogens with zero attached hydrogens (tertiary/aromatic N) is 2. The lowest BCUT2D eigenvalue weighted by molar-refractivity contribution is -0.122. The molecule has 1 aliphatic heterocycles. The van der Waals surface area contributed by atoms with Crippen LogP contribution in [-0.4, -0.2) is 57.1 Å². The van der Waals surface area contributed by atoms with E-state index >= 15 is 0 Å². The summed E-state index contributed by atoms with van der Waals surface area (Å²) in [7, 11) is -3.39. The Bertz CT molecular complexity index is 740. The molecule has 1 amide bonds. The van der Waals surface area contributed by atoms with Crippen molar-refractivity contribution in [2.75, 3.05) is 43.4 Å². The average molecular weight is 412 g/mol. The zero-order valence-corrected chi connectivity index (χ0v) is 17.1. The number of piperazine rings is 1. The molecule has 0 unspecified atom stereocenters. The van der Waals surface area contributed by atoms with Crippen LogP contribution in [0.4, 0.5) is 10.1 Å². The van der Waals surface area contributed by atoms with Crippen LogP contribution < -0.4 is 10.2 Å². The summed E-state index contributed by atoms with van der Waals surface area (Å²) in [5, 5.41) is 2.77. The van der Waals surface area contributed by atoms with Gasteiger partial charge in [0, 0.05) is 44.8 Å². The molecule has 1 saturated heterocycles. The molecular formula is C20H30FN3O3S. The van der Waals surface area contributed by atoms with Gasteiger partial charge in [0.25, 0.3) is 0 Å². The maximum absolute atomic E-state index is 13.0. The van der Waals surface area contributed by atoms with E-state index in [9.17, 15) is 17.6 Å². The number of anilines is 1. The zero-order chi connectivity index (χ0) is 20.0. The van der Waals surface area contributed by atoms with E-state index in [-0.39, 0.29) is 24.0 Å². The first-order valence-electron chi connectivity index (χ1n) is 10.2. The Morgan fingerprint density at radius 2 is 1.68 bits per heavy atom.